The van der Waals surface area contributed by atoms with Gasteiger partial charge < -0.3 is 4.90 Å². The second kappa shape index (κ2) is 7.10. The summed E-state index contributed by atoms with van der Waals surface area (Å²) < 4.78 is 0.825. The van der Waals surface area contributed by atoms with Gasteiger partial charge in [0, 0.05) is 16.6 Å². The Bertz CT molecular complexity index is 531. The minimum atomic E-state index is -0.108. The molecule has 0 aliphatic heterocycles. The average Bonchev–Trinajstić information content (AvgIpc) is 2.43. The van der Waals surface area contributed by atoms with Gasteiger partial charge in [0.15, 0.2) is 0 Å². The van der Waals surface area contributed by atoms with Gasteiger partial charge in [-0.15, -0.1) is 0 Å². The number of halogens is 1. The van der Waals surface area contributed by atoms with E-state index < -0.39 is 0 Å². The van der Waals surface area contributed by atoms with Crippen molar-refractivity contribution >= 4 is 27.5 Å². The van der Waals surface area contributed by atoms with Crippen LogP contribution in [0.3, 0.4) is 0 Å². The highest BCUT2D eigenvalue weighted by Crippen LogP contribution is 2.25. The van der Waals surface area contributed by atoms with E-state index in [1.54, 1.807) is 17.0 Å². The molecule has 0 bridgehead atoms. The molecule has 0 radical (unpaired) electrons. The molecule has 1 aromatic rings. The van der Waals surface area contributed by atoms with Crippen molar-refractivity contribution in [3.05, 3.63) is 40.4 Å². The molecule has 19 heavy (non-hydrogen) atoms. The molecule has 1 aromatic carbocycles. The van der Waals surface area contributed by atoms with Gasteiger partial charge in [-0.3, -0.25) is 4.79 Å². The van der Waals surface area contributed by atoms with Gasteiger partial charge in [0.2, 0.25) is 0 Å². The summed E-state index contributed by atoms with van der Waals surface area (Å²) in [6, 6.07) is 7.48. The van der Waals surface area contributed by atoms with Gasteiger partial charge in [-0.05, 0) is 31.0 Å². The first kappa shape index (κ1) is 15.5. The maximum atomic E-state index is 12.3. The summed E-state index contributed by atoms with van der Waals surface area (Å²) in [5.74, 6) is -0.108. The van der Waals surface area contributed by atoms with Gasteiger partial charge in [-0.25, -0.2) is 0 Å². The molecule has 1 rings (SSSR count). The number of nitriles is 1. The molecule has 1 amide bonds. The van der Waals surface area contributed by atoms with E-state index in [1.807, 2.05) is 19.9 Å². The van der Waals surface area contributed by atoms with E-state index >= 15 is 0 Å². The molecule has 0 heterocycles. The molecule has 0 N–H and O–H groups in total. The highest BCUT2D eigenvalue weighted by Gasteiger charge is 2.19. The number of benzene rings is 1. The summed E-state index contributed by atoms with van der Waals surface area (Å²) in [4.78, 5) is 14.0. The van der Waals surface area contributed by atoms with Crippen LogP contribution in [0.15, 0.2) is 34.8 Å². The minimum absolute atomic E-state index is 0.108. The summed E-state index contributed by atoms with van der Waals surface area (Å²) in [5, 5.41) is 9.21. The molecule has 0 saturated carbocycles. The predicted molar refractivity (Wildman–Crippen MR) is 80.9 cm³/mol. The van der Waals surface area contributed by atoms with Crippen molar-refractivity contribution in [3.63, 3.8) is 0 Å². The smallest absolute Gasteiger partial charge is 0.253 e. The van der Waals surface area contributed by atoms with Crippen LogP contribution in [0.1, 0.15) is 32.3 Å². The first-order valence-corrected chi connectivity index (χ1v) is 7.03. The fourth-order valence-corrected chi connectivity index (χ4v) is 2.09. The summed E-state index contributed by atoms with van der Waals surface area (Å²) in [7, 11) is 0. The molecular weight excluding hydrogens is 304 g/mol. The fourth-order valence-electron chi connectivity index (χ4n) is 1.73. The van der Waals surface area contributed by atoms with Crippen LogP contribution in [0.4, 0.5) is 5.69 Å². The summed E-state index contributed by atoms with van der Waals surface area (Å²) in [6.07, 6.45) is 1.43. The van der Waals surface area contributed by atoms with Crippen molar-refractivity contribution in [2.75, 3.05) is 11.4 Å². The first-order chi connectivity index (χ1) is 9.04. The number of rotatable bonds is 5. The van der Waals surface area contributed by atoms with Gasteiger partial charge in [0.1, 0.15) is 6.07 Å². The van der Waals surface area contributed by atoms with Crippen molar-refractivity contribution in [3.8, 4) is 6.07 Å². The number of amides is 1. The minimum Gasteiger partial charge on any atom is -0.307 e. The molecule has 100 valence electrons. The lowest BCUT2D eigenvalue weighted by Crippen LogP contribution is -2.33. The number of carbonyl (C=O) groups excluding carboxylic acids is 1. The van der Waals surface area contributed by atoms with Gasteiger partial charge >= 0.3 is 0 Å². The molecule has 0 saturated heterocycles. The largest absolute Gasteiger partial charge is 0.307 e. The van der Waals surface area contributed by atoms with Gasteiger partial charge in [-0.1, -0.05) is 36.4 Å². The molecule has 0 aromatic heterocycles. The lowest BCUT2D eigenvalue weighted by atomic mass is 10.1. The van der Waals surface area contributed by atoms with Crippen LogP contribution in [0.5, 0.6) is 0 Å². The molecule has 0 spiro atoms. The van der Waals surface area contributed by atoms with Crippen molar-refractivity contribution in [1.82, 2.24) is 0 Å². The van der Waals surface area contributed by atoms with Crippen LogP contribution in [0, 0.1) is 11.3 Å². The van der Waals surface area contributed by atoms with Gasteiger partial charge in [0.25, 0.3) is 5.91 Å². The Morgan fingerprint density at radius 2 is 2.16 bits per heavy atom. The van der Waals surface area contributed by atoms with Crippen LogP contribution in [0.25, 0.3) is 0 Å². The Labute approximate surface area is 122 Å². The Hall–Kier alpha value is -1.60. The number of hydrogen-bond acceptors (Lipinski definition) is 2. The first-order valence-electron chi connectivity index (χ1n) is 6.24. The lowest BCUT2D eigenvalue weighted by molar-refractivity contribution is -0.115. The molecule has 0 fully saturated rings. The maximum Gasteiger partial charge on any atom is 0.253 e. The van der Waals surface area contributed by atoms with Gasteiger partial charge in [0.05, 0.1) is 11.3 Å². The van der Waals surface area contributed by atoms with E-state index in [1.165, 1.54) is 0 Å². The Kier molecular flexibility index (Phi) is 5.78. The number of nitrogens with zero attached hydrogens (tertiary/aromatic N) is 2. The van der Waals surface area contributed by atoms with Crippen LogP contribution in [-0.2, 0) is 4.79 Å². The fraction of sp³-hybridized carbons (Fsp3) is 0.333. The molecule has 0 aliphatic carbocycles. The van der Waals surface area contributed by atoms with E-state index in [4.69, 9.17) is 0 Å². The van der Waals surface area contributed by atoms with Crippen molar-refractivity contribution in [2.24, 2.45) is 0 Å². The van der Waals surface area contributed by atoms with E-state index in [0.29, 0.717) is 29.8 Å². The molecule has 4 heteroatoms. The Morgan fingerprint density at radius 1 is 1.47 bits per heavy atom. The molecule has 0 aliphatic rings. The third kappa shape index (κ3) is 3.68. The summed E-state index contributed by atoms with van der Waals surface area (Å²) >= 11 is 3.33. The number of anilines is 1. The second-order valence-electron chi connectivity index (χ2n) is 4.19. The second-order valence-corrected chi connectivity index (χ2v) is 5.10. The van der Waals surface area contributed by atoms with Gasteiger partial charge in [-0.2, -0.15) is 5.26 Å². The van der Waals surface area contributed by atoms with Crippen LogP contribution < -0.4 is 4.90 Å². The van der Waals surface area contributed by atoms with Crippen molar-refractivity contribution < 1.29 is 4.79 Å². The molecule has 0 unspecified atom stereocenters. The highest BCUT2D eigenvalue weighted by atomic mass is 79.9. The zero-order valence-electron chi connectivity index (χ0n) is 11.2. The maximum absolute atomic E-state index is 12.3. The zero-order valence-corrected chi connectivity index (χ0v) is 12.8. The van der Waals surface area contributed by atoms with E-state index in [9.17, 15) is 10.1 Å². The quantitative estimate of drug-likeness (QED) is 0.769. The lowest BCUT2D eigenvalue weighted by Gasteiger charge is -2.24. The zero-order chi connectivity index (χ0) is 14.4. The molecule has 0 atom stereocenters. The van der Waals surface area contributed by atoms with E-state index in [0.717, 1.165) is 10.9 Å². The highest BCUT2D eigenvalue weighted by molar-refractivity contribution is 9.10. The van der Waals surface area contributed by atoms with Crippen LogP contribution >= 0.6 is 15.9 Å². The third-order valence-electron chi connectivity index (χ3n) is 2.79. The monoisotopic (exact) mass is 320 g/mol. The van der Waals surface area contributed by atoms with E-state index in [2.05, 4.69) is 28.6 Å². The summed E-state index contributed by atoms with van der Waals surface area (Å²) in [6.45, 7) is 8.27. The van der Waals surface area contributed by atoms with Crippen molar-refractivity contribution in [2.45, 2.75) is 26.7 Å². The normalized spacial score (nSPS) is 9.79. The number of hydrogen-bond donors (Lipinski definition) is 0. The third-order valence-corrected chi connectivity index (χ3v) is 3.28. The van der Waals surface area contributed by atoms with E-state index in [-0.39, 0.29) is 5.91 Å². The Morgan fingerprint density at radius 3 is 2.68 bits per heavy atom. The van der Waals surface area contributed by atoms with Crippen molar-refractivity contribution in [1.29, 1.82) is 5.26 Å². The molecular formula is C15H17BrN2O. The predicted octanol–water partition coefficient (Wildman–Crippen LogP) is 4.03. The molecule has 3 nitrogen and oxygen atoms in total. The number of carbonyl (C=O) groups is 1. The average molecular weight is 321 g/mol. The van der Waals surface area contributed by atoms with Crippen LogP contribution in [-0.4, -0.2) is 12.5 Å². The Balaban J connectivity index is 3.23. The van der Waals surface area contributed by atoms with Crippen LogP contribution in [0.2, 0.25) is 0 Å². The SMILES string of the molecule is C=C(CC)C(=O)N(CCC)c1ccc(Br)cc1C#N. The summed E-state index contributed by atoms with van der Waals surface area (Å²) in [5.41, 5.74) is 1.69. The standard InChI is InChI=1S/C15H17BrN2O/c1-4-8-18(15(19)11(3)5-2)14-7-6-13(16)9-12(14)10-17/h6-7,9H,3-5,8H2,1-2H3. The topological polar surface area (TPSA) is 44.1 Å².